The number of hydrogen-bond donors (Lipinski definition) is 2. The average molecular weight is 343 g/mol. The van der Waals surface area contributed by atoms with E-state index in [2.05, 4.69) is 10.2 Å². The molecular weight excluding hydrogens is 319 g/mol. The third-order valence-electron chi connectivity index (χ3n) is 5.07. The van der Waals surface area contributed by atoms with E-state index in [1.165, 1.54) is 0 Å². The van der Waals surface area contributed by atoms with Crippen LogP contribution in [0.5, 0.6) is 0 Å². The number of aliphatic hydroxyl groups is 1. The van der Waals surface area contributed by atoms with E-state index in [0.717, 1.165) is 67.3 Å². The molecule has 1 heterocycles. The van der Waals surface area contributed by atoms with E-state index >= 15 is 0 Å². The number of nitrogens with one attached hydrogen (secondary N) is 1. The summed E-state index contributed by atoms with van der Waals surface area (Å²) in [6.07, 6.45) is 5.39. The quantitative estimate of drug-likeness (QED) is 0.879. The van der Waals surface area contributed by atoms with Crippen molar-refractivity contribution in [3.63, 3.8) is 0 Å². The predicted octanol–water partition coefficient (Wildman–Crippen LogP) is 3.46. The highest BCUT2D eigenvalue weighted by atomic mass is 35.5. The van der Waals surface area contributed by atoms with Crippen molar-refractivity contribution in [3.05, 3.63) is 33.8 Å². The SMILES string of the molecule is O[C@H]1CCC[C@@H]1N1CCC(NCc2c(Cl)cccc2Cl)CC1. The zero-order valence-corrected chi connectivity index (χ0v) is 14.3. The fourth-order valence-electron chi connectivity index (χ4n) is 3.73. The van der Waals surface area contributed by atoms with Gasteiger partial charge < -0.3 is 10.4 Å². The van der Waals surface area contributed by atoms with E-state index in [0.29, 0.717) is 12.1 Å². The third-order valence-corrected chi connectivity index (χ3v) is 5.78. The van der Waals surface area contributed by atoms with Crippen molar-refractivity contribution in [1.82, 2.24) is 10.2 Å². The molecule has 0 unspecified atom stereocenters. The molecule has 2 fully saturated rings. The van der Waals surface area contributed by atoms with E-state index in [-0.39, 0.29) is 6.10 Å². The summed E-state index contributed by atoms with van der Waals surface area (Å²) in [5.74, 6) is 0. The molecule has 0 bridgehead atoms. The van der Waals surface area contributed by atoms with Crippen LogP contribution in [0, 0.1) is 0 Å². The largest absolute Gasteiger partial charge is 0.391 e. The number of aliphatic hydroxyl groups excluding tert-OH is 1. The van der Waals surface area contributed by atoms with Crippen LogP contribution in [0.3, 0.4) is 0 Å². The minimum atomic E-state index is -0.119. The van der Waals surface area contributed by atoms with Crippen molar-refractivity contribution >= 4 is 23.2 Å². The van der Waals surface area contributed by atoms with E-state index in [1.807, 2.05) is 18.2 Å². The van der Waals surface area contributed by atoms with Gasteiger partial charge in [-0.3, -0.25) is 4.90 Å². The molecule has 0 amide bonds. The first-order valence-corrected chi connectivity index (χ1v) is 8.99. The molecule has 2 atom stereocenters. The summed E-state index contributed by atoms with van der Waals surface area (Å²) in [6.45, 7) is 2.85. The molecule has 1 saturated heterocycles. The summed E-state index contributed by atoms with van der Waals surface area (Å²) in [5.41, 5.74) is 0.986. The Balaban J connectivity index is 1.48. The zero-order chi connectivity index (χ0) is 15.5. The Morgan fingerprint density at radius 1 is 1.09 bits per heavy atom. The number of hydrogen-bond acceptors (Lipinski definition) is 3. The highest BCUT2D eigenvalue weighted by Gasteiger charge is 2.32. The molecule has 1 saturated carbocycles. The van der Waals surface area contributed by atoms with E-state index in [1.54, 1.807) is 0 Å². The van der Waals surface area contributed by atoms with E-state index < -0.39 is 0 Å². The Bertz CT molecular complexity index is 483. The molecule has 3 rings (SSSR count). The lowest BCUT2D eigenvalue weighted by Gasteiger charge is -2.37. The maximum Gasteiger partial charge on any atom is 0.0695 e. The molecule has 1 aliphatic heterocycles. The number of benzene rings is 1. The molecule has 2 aliphatic rings. The van der Waals surface area contributed by atoms with Crippen molar-refractivity contribution in [2.24, 2.45) is 0 Å². The van der Waals surface area contributed by atoms with Gasteiger partial charge >= 0.3 is 0 Å². The van der Waals surface area contributed by atoms with Gasteiger partial charge in [-0.25, -0.2) is 0 Å². The first kappa shape index (κ1) is 16.5. The summed E-state index contributed by atoms with van der Waals surface area (Å²) in [4.78, 5) is 2.47. The summed E-state index contributed by atoms with van der Waals surface area (Å²) in [6, 6.07) is 6.53. The van der Waals surface area contributed by atoms with Crippen molar-refractivity contribution in [2.75, 3.05) is 13.1 Å². The van der Waals surface area contributed by atoms with Gasteiger partial charge in [-0.05, 0) is 44.2 Å². The molecule has 1 aliphatic carbocycles. The van der Waals surface area contributed by atoms with E-state index in [9.17, 15) is 5.11 Å². The molecule has 1 aromatic carbocycles. The predicted molar refractivity (Wildman–Crippen MR) is 91.5 cm³/mol. The molecule has 3 nitrogen and oxygen atoms in total. The molecule has 5 heteroatoms. The lowest BCUT2D eigenvalue weighted by Crippen LogP contribution is -2.48. The van der Waals surface area contributed by atoms with Crippen LogP contribution in [0.25, 0.3) is 0 Å². The van der Waals surface area contributed by atoms with Gasteiger partial charge in [0.1, 0.15) is 0 Å². The van der Waals surface area contributed by atoms with Gasteiger partial charge in [0.05, 0.1) is 6.10 Å². The highest BCUT2D eigenvalue weighted by Crippen LogP contribution is 2.27. The van der Waals surface area contributed by atoms with Gasteiger partial charge in [-0.15, -0.1) is 0 Å². The first-order chi connectivity index (χ1) is 10.6. The van der Waals surface area contributed by atoms with Crippen molar-refractivity contribution < 1.29 is 5.11 Å². The van der Waals surface area contributed by atoms with Crippen LogP contribution in [0.2, 0.25) is 10.0 Å². The summed E-state index contributed by atoms with van der Waals surface area (Å²) in [7, 11) is 0. The highest BCUT2D eigenvalue weighted by molar-refractivity contribution is 6.35. The van der Waals surface area contributed by atoms with Crippen LogP contribution in [0.1, 0.15) is 37.7 Å². The van der Waals surface area contributed by atoms with Gasteiger partial charge in [-0.2, -0.15) is 0 Å². The summed E-state index contributed by atoms with van der Waals surface area (Å²) >= 11 is 12.4. The van der Waals surface area contributed by atoms with Crippen molar-refractivity contribution in [1.29, 1.82) is 0 Å². The molecule has 0 radical (unpaired) electrons. The van der Waals surface area contributed by atoms with Gasteiger partial charge in [-0.1, -0.05) is 29.3 Å². The number of halogens is 2. The van der Waals surface area contributed by atoms with Crippen LogP contribution < -0.4 is 5.32 Å². The molecule has 1 aromatic rings. The number of rotatable bonds is 4. The third kappa shape index (κ3) is 3.77. The lowest BCUT2D eigenvalue weighted by molar-refractivity contribution is 0.0526. The second kappa shape index (κ2) is 7.50. The van der Waals surface area contributed by atoms with Gasteiger partial charge in [0.15, 0.2) is 0 Å². The van der Waals surface area contributed by atoms with Crippen molar-refractivity contribution in [3.8, 4) is 0 Å². The first-order valence-electron chi connectivity index (χ1n) is 8.23. The number of nitrogens with zero attached hydrogens (tertiary/aromatic N) is 1. The summed E-state index contributed by atoms with van der Waals surface area (Å²) < 4.78 is 0. The van der Waals surface area contributed by atoms with Gasteiger partial charge in [0.25, 0.3) is 0 Å². The Morgan fingerprint density at radius 3 is 2.36 bits per heavy atom. The van der Waals surface area contributed by atoms with Crippen LogP contribution >= 0.6 is 23.2 Å². The van der Waals surface area contributed by atoms with Crippen LogP contribution in [-0.4, -0.2) is 41.3 Å². The van der Waals surface area contributed by atoms with Gasteiger partial charge in [0.2, 0.25) is 0 Å². The normalized spacial score (nSPS) is 27.4. The standard InChI is InChI=1S/C17H24Cl2N2O/c18-14-3-1-4-15(19)13(14)11-20-12-7-9-21(10-8-12)16-5-2-6-17(16)22/h1,3-4,12,16-17,20,22H,2,5-11H2/t16-,17-/m0/s1. The van der Waals surface area contributed by atoms with Crippen LogP contribution in [0.4, 0.5) is 0 Å². The minimum absolute atomic E-state index is 0.119. The monoisotopic (exact) mass is 342 g/mol. The van der Waals surface area contributed by atoms with Crippen molar-refractivity contribution in [2.45, 2.75) is 56.8 Å². The molecular formula is C17H24Cl2N2O. The van der Waals surface area contributed by atoms with Crippen LogP contribution in [0.15, 0.2) is 18.2 Å². The molecule has 0 aromatic heterocycles. The number of likely N-dealkylation sites (tertiary alicyclic amines) is 1. The minimum Gasteiger partial charge on any atom is -0.391 e. The van der Waals surface area contributed by atoms with Crippen LogP contribution in [-0.2, 0) is 6.54 Å². The number of piperidine rings is 1. The average Bonchev–Trinajstić information content (AvgIpc) is 2.93. The lowest BCUT2D eigenvalue weighted by atomic mass is 10.0. The fraction of sp³-hybridized carbons (Fsp3) is 0.647. The Hall–Kier alpha value is -0.320. The molecule has 0 spiro atoms. The maximum atomic E-state index is 10.0. The molecule has 2 N–H and O–H groups in total. The molecule has 122 valence electrons. The van der Waals surface area contributed by atoms with Gasteiger partial charge in [0, 0.05) is 47.3 Å². The molecule has 22 heavy (non-hydrogen) atoms. The Labute approximate surface area is 142 Å². The Morgan fingerprint density at radius 2 is 1.77 bits per heavy atom. The Kier molecular flexibility index (Phi) is 5.64. The second-order valence-corrected chi connectivity index (χ2v) is 7.27. The second-order valence-electron chi connectivity index (χ2n) is 6.46. The fourth-order valence-corrected chi connectivity index (χ4v) is 4.26. The topological polar surface area (TPSA) is 35.5 Å². The zero-order valence-electron chi connectivity index (χ0n) is 12.8. The maximum absolute atomic E-state index is 10.0. The van der Waals surface area contributed by atoms with E-state index in [4.69, 9.17) is 23.2 Å². The summed E-state index contributed by atoms with van der Waals surface area (Å²) in [5, 5.41) is 15.1. The smallest absolute Gasteiger partial charge is 0.0695 e.